The third kappa shape index (κ3) is 5.15. The molecule has 0 aromatic rings. The third-order valence-corrected chi connectivity index (χ3v) is 11.6. The molecule has 0 aromatic heterocycles. The van der Waals surface area contributed by atoms with Crippen LogP contribution in [-0.2, 0) is 0 Å². The predicted molar refractivity (Wildman–Crippen MR) is 142 cm³/mol. The first-order valence-electron chi connectivity index (χ1n) is 14.8. The van der Waals surface area contributed by atoms with E-state index < -0.39 is 0 Å². The average molecular weight is 457 g/mol. The van der Waals surface area contributed by atoms with Gasteiger partial charge >= 0.3 is 0 Å². The van der Waals surface area contributed by atoms with E-state index in [4.69, 9.17) is 0 Å². The molecule has 0 saturated heterocycles. The Morgan fingerprint density at radius 2 is 1.73 bits per heavy atom. The van der Waals surface area contributed by atoms with Crippen LogP contribution in [0.25, 0.3) is 0 Å². The molecule has 1 unspecified atom stereocenters. The second kappa shape index (κ2) is 9.63. The molecule has 33 heavy (non-hydrogen) atoms. The molecular formula is C32H56O. The monoisotopic (exact) mass is 456 g/mol. The lowest BCUT2D eigenvalue weighted by atomic mass is 9.47. The van der Waals surface area contributed by atoms with Gasteiger partial charge in [-0.25, -0.2) is 0 Å². The molecule has 3 fully saturated rings. The Labute approximate surface area is 206 Å². The van der Waals surface area contributed by atoms with Crippen molar-refractivity contribution in [1.82, 2.24) is 0 Å². The summed E-state index contributed by atoms with van der Waals surface area (Å²) in [6.45, 7) is 17.5. The van der Waals surface area contributed by atoms with Crippen LogP contribution in [0.5, 0.6) is 0 Å². The number of aliphatic hydroxyl groups excluding tert-OH is 1. The van der Waals surface area contributed by atoms with Gasteiger partial charge in [-0.3, -0.25) is 0 Å². The van der Waals surface area contributed by atoms with E-state index in [1.165, 1.54) is 70.6 Å². The number of aliphatic hydroxyl groups is 1. The quantitative estimate of drug-likeness (QED) is 0.378. The Bertz CT molecular complexity index is 700. The highest BCUT2D eigenvalue weighted by Gasteiger charge is 2.59. The van der Waals surface area contributed by atoms with Crippen LogP contribution in [-0.4, -0.2) is 11.2 Å². The van der Waals surface area contributed by atoms with Crippen molar-refractivity contribution in [3.05, 3.63) is 11.6 Å². The number of fused-ring (bicyclic) bond motifs is 5. The zero-order valence-corrected chi connectivity index (χ0v) is 23.3. The summed E-state index contributed by atoms with van der Waals surface area (Å²) in [4.78, 5) is 0. The smallest absolute Gasteiger partial charge is 0.0577 e. The van der Waals surface area contributed by atoms with Crippen molar-refractivity contribution in [2.24, 2.45) is 51.8 Å². The zero-order chi connectivity index (χ0) is 24.0. The standard InChI is InChI=1S/C32H56O/c1-22(15-18-30(3,4)5)9-8-10-23(2)27-13-14-28-26-12-11-24-21-25(33)16-19-31(24,6)29(26)17-20-32(27,28)7/h11,22-23,25-29,33H,8-10,12-21H2,1-7H3/t22?,23-,25+,26+,27-,28+,29+,31+,32-/m1/s1. The summed E-state index contributed by atoms with van der Waals surface area (Å²) in [6.07, 6.45) is 19.9. The van der Waals surface area contributed by atoms with Crippen molar-refractivity contribution >= 4 is 0 Å². The summed E-state index contributed by atoms with van der Waals surface area (Å²) in [7, 11) is 0. The summed E-state index contributed by atoms with van der Waals surface area (Å²) < 4.78 is 0. The molecule has 1 heteroatoms. The molecule has 0 bridgehead atoms. The van der Waals surface area contributed by atoms with Gasteiger partial charge in [0.25, 0.3) is 0 Å². The minimum Gasteiger partial charge on any atom is -0.393 e. The van der Waals surface area contributed by atoms with E-state index in [1.54, 1.807) is 5.57 Å². The highest BCUT2D eigenvalue weighted by molar-refractivity contribution is 5.25. The lowest BCUT2D eigenvalue weighted by Gasteiger charge is -2.58. The second-order valence-electron chi connectivity index (χ2n) is 15.0. The molecule has 0 radical (unpaired) electrons. The SMILES string of the molecule is CC(CCC[C@@H](C)[C@H]1CC[C@H]2[C@@H]3CC=C4C[C@@H](O)CC[C@]4(C)[C@H]3CC[C@]12C)CCC(C)(C)C. The zero-order valence-electron chi connectivity index (χ0n) is 23.3. The Morgan fingerprint density at radius 1 is 0.970 bits per heavy atom. The molecule has 190 valence electrons. The molecule has 0 aliphatic heterocycles. The van der Waals surface area contributed by atoms with Gasteiger partial charge in [0.1, 0.15) is 0 Å². The van der Waals surface area contributed by atoms with Crippen molar-refractivity contribution in [3.8, 4) is 0 Å². The molecule has 9 atom stereocenters. The molecule has 1 nitrogen and oxygen atoms in total. The highest BCUT2D eigenvalue weighted by Crippen LogP contribution is 2.67. The van der Waals surface area contributed by atoms with E-state index in [0.717, 1.165) is 48.3 Å². The third-order valence-electron chi connectivity index (χ3n) is 11.6. The molecule has 0 amide bonds. The lowest BCUT2D eigenvalue weighted by molar-refractivity contribution is -0.0573. The topological polar surface area (TPSA) is 20.2 Å². The molecule has 0 aromatic carbocycles. The maximum atomic E-state index is 10.3. The van der Waals surface area contributed by atoms with Gasteiger partial charge in [-0.2, -0.15) is 0 Å². The van der Waals surface area contributed by atoms with Gasteiger partial charge in [0, 0.05) is 0 Å². The van der Waals surface area contributed by atoms with E-state index in [-0.39, 0.29) is 6.10 Å². The Balaban J connectivity index is 1.35. The minimum absolute atomic E-state index is 0.0809. The fourth-order valence-corrected chi connectivity index (χ4v) is 9.43. The van der Waals surface area contributed by atoms with E-state index in [0.29, 0.717) is 16.2 Å². The van der Waals surface area contributed by atoms with Crippen molar-refractivity contribution in [2.45, 2.75) is 138 Å². The van der Waals surface area contributed by atoms with Gasteiger partial charge in [0.15, 0.2) is 0 Å². The fraction of sp³-hybridized carbons (Fsp3) is 0.938. The molecule has 1 N–H and O–H groups in total. The molecule has 0 spiro atoms. The Hall–Kier alpha value is -0.300. The van der Waals surface area contributed by atoms with Crippen LogP contribution in [0, 0.1) is 51.8 Å². The van der Waals surface area contributed by atoms with Gasteiger partial charge in [0.05, 0.1) is 6.10 Å². The number of rotatable bonds is 7. The van der Waals surface area contributed by atoms with E-state index in [9.17, 15) is 5.11 Å². The maximum Gasteiger partial charge on any atom is 0.0577 e. The molecule has 4 aliphatic carbocycles. The predicted octanol–water partition coefficient (Wildman–Crippen LogP) is 9.20. The first kappa shape index (κ1) is 25.8. The second-order valence-corrected chi connectivity index (χ2v) is 15.0. The van der Waals surface area contributed by atoms with E-state index in [1.807, 2.05) is 0 Å². The fourth-order valence-electron chi connectivity index (χ4n) is 9.43. The van der Waals surface area contributed by atoms with Crippen molar-refractivity contribution in [3.63, 3.8) is 0 Å². The Kier molecular flexibility index (Phi) is 7.52. The van der Waals surface area contributed by atoms with Crippen molar-refractivity contribution < 1.29 is 5.11 Å². The summed E-state index contributed by atoms with van der Waals surface area (Å²) in [5, 5.41) is 10.3. The van der Waals surface area contributed by atoms with Crippen LogP contribution in [0.4, 0.5) is 0 Å². The molecule has 4 aliphatic rings. The van der Waals surface area contributed by atoms with Gasteiger partial charge in [-0.1, -0.05) is 85.8 Å². The molecular weight excluding hydrogens is 400 g/mol. The number of hydrogen-bond donors (Lipinski definition) is 1. The normalized spacial score (nSPS) is 42.7. The summed E-state index contributed by atoms with van der Waals surface area (Å²) in [6, 6.07) is 0. The first-order chi connectivity index (χ1) is 15.4. The van der Waals surface area contributed by atoms with Gasteiger partial charge in [-0.05, 0) is 110 Å². The van der Waals surface area contributed by atoms with E-state index in [2.05, 4.69) is 54.5 Å². The Morgan fingerprint density at radius 3 is 2.45 bits per heavy atom. The maximum absolute atomic E-state index is 10.3. The van der Waals surface area contributed by atoms with Crippen LogP contribution >= 0.6 is 0 Å². The number of hydrogen-bond acceptors (Lipinski definition) is 1. The molecule has 4 rings (SSSR count). The minimum atomic E-state index is -0.0809. The van der Waals surface area contributed by atoms with E-state index >= 15 is 0 Å². The van der Waals surface area contributed by atoms with Crippen LogP contribution in [0.3, 0.4) is 0 Å². The van der Waals surface area contributed by atoms with Crippen LogP contribution < -0.4 is 0 Å². The van der Waals surface area contributed by atoms with Gasteiger partial charge in [0.2, 0.25) is 0 Å². The largest absolute Gasteiger partial charge is 0.393 e. The van der Waals surface area contributed by atoms with Crippen molar-refractivity contribution in [1.29, 1.82) is 0 Å². The number of allylic oxidation sites excluding steroid dienone is 1. The highest BCUT2D eigenvalue weighted by atomic mass is 16.3. The summed E-state index contributed by atoms with van der Waals surface area (Å²) in [5.41, 5.74) is 3.07. The van der Waals surface area contributed by atoms with Gasteiger partial charge < -0.3 is 5.11 Å². The van der Waals surface area contributed by atoms with Crippen molar-refractivity contribution in [2.75, 3.05) is 0 Å². The van der Waals surface area contributed by atoms with Crippen LogP contribution in [0.2, 0.25) is 0 Å². The van der Waals surface area contributed by atoms with Crippen LogP contribution in [0.15, 0.2) is 11.6 Å². The average Bonchev–Trinajstić information content (AvgIpc) is 3.09. The summed E-state index contributed by atoms with van der Waals surface area (Å²) in [5.74, 6) is 5.44. The molecule has 3 saturated carbocycles. The first-order valence-corrected chi connectivity index (χ1v) is 14.8. The van der Waals surface area contributed by atoms with Crippen LogP contribution in [0.1, 0.15) is 132 Å². The lowest BCUT2D eigenvalue weighted by Crippen LogP contribution is -2.50. The summed E-state index contributed by atoms with van der Waals surface area (Å²) >= 11 is 0. The molecule has 0 heterocycles. The van der Waals surface area contributed by atoms with Gasteiger partial charge in [-0.15, -0.1) is 0 Å².